The first-order chi connectivity index (χ1) is 8.52. The van der Waals surface area contributed by atoms with Crippen molar-refractivity contribution in [2.45, 2.75) is 39.2 Å². The second-order valence-corrected chi connectivity index (χ2v) is 5.46. The number of hydrogen-bond donors (Lipinski definition) is 3. The number of aliphatic hydroxyl groups is 1. The average Bonchev–Trinajstić information content (AvgIpc) is 2.77. The van der Waals surface area contributed by atoms with E-state index in [9.17, 15) is 4.79 Å². The number of thiazole rings is 1. The van der Waals surface area contributed by atoms with E-state index in [0.717, 1.165) is 17.1 Å². The molecule has 0 fully saturated rings. The van der Waals surface area contributed by atoms with Gasteiger partial charge in [-0.15, -0.1) is 11.3 Å². The molecule has 0 saturated heterocycles. The SMILES string of the molecule is CC(C)c1nc(CCNC(=O)N[C@@H](C)CO)cs1. The number of aromatic nitrogens is 1. The molecule has 1 rings (SSSR count). The van der Waals surface area contributed by atoms with E-state index in [2.05, 4.69) is 29.5 Å². The van der Waals surface area contributed by atoms with Gasteiger partial charge in [0.25, 0.3) is 0 Å². The summed E-state index contributed by atoms with van der Waals surface area (Å²) in [5.41, 5.74) is 1.01. The molecule has 1 heterocycles. The Labute approximate surface area is 112 Å². The van der Waals surface area contributed by atoms with Crippen molar-refractivity contribution in [1.82, 2.24) is 15.6 Å². The van der Waals surface area contributed by atoms with E-state index in [0.29, 0.717) is 12.5 Å². The van der Waals surface area contributed by atoms with Crippen LogP contribution in [0.1, 0.15) is 37.4 Å². The molecule has 18 heavy (non-hydrogen) atoms. The Bertz CT molecular complexity index is 379. The summed E-state index contributed by atoms with van der Waals surface area (Å²) in [6, 6.07) is -0.479. The van der Waals surface area contributed by atoms with Gasteiger partial charge in [0, 0.05) is 24.3 Å². The molecule has 0 radical (unpaired) electrons. The fraction of sp³-hybridized carbons (Fsp3) is 0.667. The highest BCUT2D eigenvalue weighted by Gasteiger charge is 2.07. The lowest BCUT2D eigenvalue weighted by Crippen LogP contribution is -2.42. The van der Waals surface area contributed by atoms with Crippen LogP contribution in [0, 0.1) is 0 Å². The van der Waals surface area contributed by atoms with Gasteiger partial charge in [0.1, 0.15) is 0 Å². The third kappa shape index (κ3) is 5.01. The van der Waals surface area contributed by atoms with E-state index in [-0.39, 0.29) is 18.7 Å². The number of nitrogens with one attached hydrogen (secondary N) is 2. The number of urea groups is 1. The molecule has 2 amide bonds. The first-order valence-electron chi connectivity index (χ1n) is 6.12. The maximum Gasteiger partial charge on any atom is 0.315 e. The van der Waals surface area contributed by atoms with Crippen LogP contribution in [0.5, 0.6) is 0 Å². The lowest BCUT2D eigenvalue weighted by molar-refractivity contribution is 0.220. The van der Waals surface area contributed by atoms with Gasteiger partial charge < -0.3 is 15.7 Å². The minimum Gasteiger partial charge on any atom is -0.394 e. The number of amides is 2. The maximum atomic E-state index is 11.4. The number of carbonyl (C=O) groups excluding carboxylic acids is 1. The highest BCUT2D eigenvalue weighted by Crippen LogP contribution is 2.19. The monoisotopic (exact) mass is 271 g/mol. The Kier molecular flexibility index (Phi) is 6.07. The molecular formula is C12H21N3O2S. The van der Waals surface area contributed by atoms with Crippen molar-refractivity contribution in [1.29, 1.82) is 0 Å². The molecule has 102 valence electrons. The lowest BCUT2D eigenvalue weighted by Gasteiger charge is -2.11. The smallest absolute Gasteiger partial charge is 0.315 e. The van der Waals surface area contributed by atoms with Crippen LogP contribution in [0.3, 0.4) is 0 Å². The van der Waals surface area contributed by atoms with Gasteiger partial charge in [-0.05, 0) is 6.92 Å². The molecule has 0 aromatic carbocycles. The summed E-state index contributed by atoms with van der Waals surface area (Å²) in [6.45, 7) is 6.46. The molecule has 0 saturated carbocycles. The second-order valence-electron chi connectivity index (χ2n) is 4.57. The zero-order valence-corrected chi connectivity index (χ0v) is 11.9. The Morgan fingerprint density at radius 3 is 2.78 bits per heavy atom. The van der Waals surface area contributed by atoms with E-state index in [4.69, 9.17) is 5.11 Å². The first-order valence-corrected chi connectivity index (χ1v) is 7.00. The quantitative estimate of drug-likeness (QED) is 0.734. The lowest BCUT2D eigenvalue weighted by atomic mass is 10.2. The summed E-state index contributed by atoms with van der Waals surface area (Å²) >= 11 is 1.66. The normalized spacial score (nSPS) is 12.5. The molecule has 0 aliphatic heterocycles. The molecule has 1 aromatic heterocycles. The van der Waals surface area contributed by atoms with Gasteiger partial charge >= 0.3 is 6.03 Å². The van der Waals surface area contributed by atoms with Crippen LogP contribution < -0.4 is 10.6 Å². The minimum absolute atomic E-state index is 0.0583. The molecule has 1 atom stereocenters. The van der Waals surface area contributed by atoms with Gasteiger partial charge in [-0.25, -0.2) is 9.78 Å². The summed E-state index contributed by atoms with van der Waals surface area (Å²) in [5.74, 6) is 0.449. The molecule has 3 N–H and O–H groups in total. The largest absolute Gasteiger partial charge is 0.394 e. The van der Waals surface area contributed by atoms with Crippen molar-refractivity contribution < 1.29 is 9.90 Å². The molecule has 0 unspecified atom stereocenters. The number of hydrogen-bond acceptors (Lipinski definition) is 4. The minimum atomic E-state index is -0.254. The molecule has 0 aliphatic carbocycles. The maximum absolute atomic E-state index is 11.4. The highest BCUT2D eigenvalue weighted by atomic mass is 32.1. The van der Waals surface area contributed by atoms with Crippen LogP contribution in [-0.2, 0) is 6.42 Å². The zero-order valence-electron chi connectivity index (χ0n) is 11.1. The van der Waals surface area contributed by atoms with Gasteiger partial charge in [0.05, 0.1) is 23.4 Å². The zero-order chi connectivity index (χ0) is 13.5. The van der Waals surface area contributed by atoms with Crippen molar-refractivity contribution in [2.75, 3.05) is 13.2 Å². The Morgan fingerprint density at radius 1 is 1.50 bits per heavy atom. The van der Waals surface area contributed by atoms with Crippen molar-refractivity contribution in [3.63, 3.8) is 0 Å². The second kappa shape index (κ2) is 7.33. The van der Waals surface area contributed by atoms with Crippen LogP contribution >= 0.6 is 11.3 Å². The number of carbonyl (C=O) groups is 1. The fourth-order valence-electron chi connectivity index (χ4n) is 1.33. The van der Waals surface area contributed by atoms with Gasteiger partial charge in [-0.3, -0.25) is 0 Å². The van der Waals surface area contributed by atoms with E-state index in [1.54, 1.807) is 18.3 Å². The summed E-state index contributed by atoms with van der Waals surface area (Å²) in [6.07, 6.45) is 0.726. The van der Waals surface area contributed by atoms with E-state index >= 15 is 0 Å². The van der Waals surface area contributed by atoms with Crippen LogP contribution in [0.15, 0.2) is 5.38 Å². The average molecular weight is 271 g/mol. The van der Waals surface area contributed by atoms with Crippen molar-refractivity contribution in [3.8, 4) is 0 Å². The predicted molar refractivity (Wildman–Crippen MR) is 73.0 cm³/mol. The molecular weight excluding hydrogens is 250 g/mol. The molecule has 0 aliphatic rings. The van der Waals surface area contributed by atoms with Gasteiger partial charge in [-0.2, -0.15) is 0 Å². The molecule has 6 heteroatoms. The van der Waals surface area contributed by atoms with E-state index in [1.165, 1.54) is 0 Å². The Morgan fingerprint density at radius 2 is 2.22 bits per heavy atom. The first kappa shape index (κ1) is 14.9. The van der Waals surface area contributed by atoms with E-state index < -0.39 is 0 Å². The molecule has 0 bridgehead atoms. The summed E-state index contributed by atoms with van der Waals surface area (Å²) in [4.78, 5) is 15.9. The van der Waals surface area contributed by atoms with E-state index in [1.807, 2.05) is 5.38 Å². The molecule has 1 aromatic rings. The summed E-state index contributed by atoms with van der Waals surface area (Å²) in [5, 5.41) is 17.3. The number of rotatable bonds is 6. The predicted octanol–water partition coefficient (Wildman–Crippen LogP) is 1.49. The fourth-order valence-corrected chi connectivity index (χ4v) is 2.20. The van der Waals surface area contributed by atoms with Gasteiger partial charge in [0.15, 0.2) is 0 Å². The molecule has 0 spiro atoms. The van der Waals surface area contributed by atoms with Crippen LogP contribution in [-0.4, -0.2) is 35.3 Å². The topological polar surface area (TPSA) is 74.2 Å². The van der Waals surface area contributed by atoms with Crippen LogP contribution in [0.2, 0.25) is 0 Å². The summed E-state index contributed by atoms with van der Waals surface area (Å²) < 4.78 is 0. The standard InChI is InChI=1S/C12H21N3O2S/c1-8(2)11-15-10(7-18-11)4-5-13-12(17)14-9(3)6-16/h7-9,16H,4-6H2,1-3H3,(H2,13,14,17)/t9-/m0/s1. The third-order valence-corrected chi connectivity index (χ3v) is 3.58. The Balaban J connectivity index is 2.26. The van der Waals surface area contributed by atoms with Crippen molar-refractivity contribution in [3.05, 3.63) is 16.1 Å². The van der Waals surface area contributed by atoms with Gasteiger partial charge in [0.2, 0.25) is 0 Å². The number of aliphatic hydroxyl groups excluding tert-OH is 1. The van der Waals surface area contributed by atoms with Crippen LogP contribution in [0.25, 0.3) is 0 Å². The van der Waals surface area contributed by atoms with Gasteiger partial charge in [-0.1, -0.05) is 13.8 Å². The van der Waals surface area contributed by atoms with Crippen molar-refractivity contribution >= 4 is 17.4 Å². The third-order valence-electron chi connectivity index (χ3n) is 2.38. The molecule has 5 nitrogen and oxygen atoms in total. The van der Waals surface area contributed by atoms with Crippen LogP contribution in [0.4, 0.5) is 4.79 Å². The van der Waals surface area contributed by atoms with Crippen molar-refractivity contribution in [2.24, 2.45) is 0 Å². The Hall–Kier alpha value is -1.14. The number of nitrogens with zero attached hydrogens (tertiary/aromatic N) is 1. The summed E-state index contributed by atoms with van der Waals surface area (Å²) in [7, 11) is 0. The highest BCUT2D eigenvalue weighted by molar-refractivity contribution is 7.09.